The zero-order valence-electron chi connectivity index (χ0n) is 11.0. The molecule has 94 valence electrons. The highest BCUT2D eigenvalue weighted by atomic mass is 15.2. The Morgan fingerprint density at radius 2 is 1.88 bits per heavy atom. The molecule has 3 heteroatoms. The van der Waals surface area contributed by atoms with E-state index in [0.29, 0.717) is 5.92 Å². The molecule has 2 unspecified atom stereocenters. The largest absolute Gasteiger partial charge is 0.329 e. The van der Waals surface area contributed by atoms with Gasteiger partial charge >= 0.3 is 0 Å². The molecule has 16 heavy (non-hydrogen) atoms. The van der Waals surface area contributed by atoms with Gasteiger partial charge in [0.25, 0.3) is 0 Å². The van der Waals surface area contributed by atoms with Crippen LogP contribution >= 0.6 is 0 Å². The molecule has 0 saturated carbocycles. The zero-order valence-corrected chi connectivity index (χ0v) is 11.0. The molecule has 2 aliphatic heterocycles. The Balaban J connectivity index is 2.00. The van der Waals surface area contributed by atoms with Crippen molar-refractivity contribution < 1.29 is 0 Å². The smallest absolute Gasteiger partial charge is 0.0333 e. The van der Waals surface area contributed by atoms with E-state index < -0.39 is 0 Å². The third-order valence-electron chi connectivity index (χ3n) is 4.51. The second kappa shape index (κ2) is 4.63. The topological polar surface area (TPSA) is 41.3 Å². The summed E-state index contributed by atoms with van der Waals surface area (Å²) in [5, 5.41) is 3.75. The van der Waals surface area contributed by atoms with E-state index in [4.69, 9.17) is 5.73 Å². The summed E-state index contributed by atoms with van der Waals surface area (Å²) < 4.78 is 0. The fraction of sp³-hybridized carbons (Fsp3) is 1.00. The first-order valence-electron chi connectivity index (χ1n) is 6.73. The van der Waals surface area contributed by atoms with Crippen LogP contribution in [0.2, 0.25) is 0 Å². The number of nitrogens with two attached hydrogens (primary N) is 1. The standard InChI is InChI=1S/C13H27N3/c1-10(2)8-15-13(9-14)6-11-4-5-12(7-13)16(11)3/h10-12,15H,4-9,14H2,1-3H3. The van der Waals surface area contributed by atoms with Crippen LogP contribution in [0.4, 0.5) is 0 Å². The number of rotatable bonds is 4. The number of hydrogen-bond donors (Lipinski definition) is 2. The number of nitrogens with zero attached hydrogens (tertiary/aromatic N) is 1. The Kier molecular flexibility index (Phi) is 3.57. The summed E-state index contributed by atoms with van der Waals surface area (Å²) in [7, 11) is 2.28. The van der Waals surface area contributed by atoms with Crippen LogP contribution in [0.25, 0.3) is 0 Å². The lowest BCUT2D eigenvalue weighted by Crippen LogP contribution is -2.61. The van der Waals surface area contributed by atoms with Crippen molar-refractivity contribution in [2.24, 2.45) is 11.7 Å². The maximum atomic E-state index is 6.04. The summed E-state index contributed by atoms with van der Waals surface area (Å²) in [6, 6.07) is 1.53. The highest BCUT2D eigenvalue weighted by molar-refractivity contribution is 5.05. The number of fused-ring (bicyclic) bond motifs is 2. The van der Waals surface area contributed by atoms with Crippen molar-refractivity contribution in [3.8, 4) is 0 Å². The molecular weight excluding hydrogens is 198 g/mol. The monoisotopic (exact) mass is 225 g/mol. The van der Waals surface area contributed by atoms with Crippen LogP contribution in [0.3, 0.4) is 0 Å². The van der Waals surface area contributed by atoms with Gasteiger partial charge in [-0.2, -0.15) is 0 Å². The summed E-state index contributed by atoms with van der Waals surface area (Å²) in [5.74, 6) is 0.709. The molecule has 0 radical (unpaired) electrons. The van der Waals surface area contributed by atoms with Gasteiger partial charge in [-0.1, -0.05) is 13.8 Å². The molecule has 0 amide bonds. The Bertz CT molecular complexity index is 225. The SMILES string of the molecule is CC(C)CNC1(CN)CC2CCC(C1)N2C. The maximum absolute atomic E-state index is 6.04. The molecule has 3 nitrogen and oxygen atoms in total. The quantitative estimate of drug-likeness (QED) is 0.755. The Hall–Kier alpha value is -0.120. The Morgan fingerprint density at radius 1 is 1.31 bits per heavy atom. The summed E-state index contributed by atoms with van der Waals surface area (Å²) in [6.07, 6.45) is 5.21. The zero-order chi connectivity index (χ0) is 11.8. The van der Waals surface area contributed by atoms with Gasteiger partial charge in [-0.15, -0.1) is 0 Å². The summed E-state index contributed by atoms with van der Waals surface area (Å²) in [5.41, 5.74) is 6.27. The molecule has 2 heterocycles. The second-order valence-corrected chi connectivity index (χ2v) is 6.22. The third-order valence-corrected chi connectivity index (χ3v) is 4.51. The van der Waals surface area contributed by atoms with Crippen LogP contribution in [-0.4, -0.2) is 42.7 Å². The molecule has 2 atom stereocenters. The second-order valence-electron chi connectivity index (χ2n) is 6.22. The van der Waals surface area contributed by atoms with Gasteiger partial charge in [0.1, 0.15) is 0 Å². The molecule has 2 rings (SSSR count). The van der Waals surface area contributed by atoms with E-state index in [1.165, 1.54) is 25.7 Å². The van der Waals surface area contributed by atoms with Gasteiger partial charge in [0.15, 0.2) is 0 Å². The lowest BCUT2D eigenvalue weighted by Gasteiger charge is -2.45. The van der Waals surface area contributed by atoms with E-state index >= 15 is 0 Å². The number of piperidine rings is 1. The predicted molar refractivity (Wildman–Crippen MR) is 68.4 cm³/mol. The van der Waals surface area contributed by atoms with Gasteiger partial charge in [0.05, 0.1) is 0 Å². The highest BCUT2D eigenvalue weighted by Gasteiger charge is 2.45. The van der Waals surface area contributed by atoms with Gasteiger partial charge in [-0.25, -0.2) is 0 Å². The average molecular weight is 225 g/mol. The first-order valence-corrected chi connectivity index (χ1v) is 6.73. The molecule has 3 N–H and O–H groups in total. The highest BCUT2D eigenvalue weighted by Crippen LogP contribution is 2.39. The molecule has 2 fully saturated rings. The van der Waals surface area contributed by atoms with Crippen LogP contribution in [0.1, 0.15) is 39.5 Å². The van der Waals surface area contributed by atoms with E-state index in [1.807, 2.05) is 0 Å². The fourth-order valence-electron chi connectivity index (χ4n) is 3.37. The van der Waals surface area contributed by atoms with Crippen LogP contribution < -0.4 is 11.1 Å². The normalized spacial score (nSPS) is 39.6. The van der Waals surface area contributed by atoms with Crippen LogP contribution in [0.5, 0.6) is 0 Å². The average Bonchev–Trinajstić information content (AvgIpc) is 2.52. The number of hydrogen-bond acceptors (Lipinski definition) is 3. The summed E-state index contributed by atoms with van der Waals surface area (Å²) in [4.78, 5) is 2.57. The van der Waals surface area contributed by atoms with E-state index in [9.17, 15) is 0 Å². The van der Waals surface area contributed by atoms with Crippen molar-refractivity contribution >= 4 is 0 Å². The van der Waals surface area contributed by atoms with Crippen molar-refractivity contribution in [1.29, 1.82) is 0 Å². The van der Waals surface area contributed by atoms with Crippen molar-refractivity contribution in [1.82, 2.24) is 10.2 Å². The van der Waals surface area contributed by atoms with Crippen LogP contribution in [0, 0.1) is 5.92 Å². The minimum Gasteiger partial charge on any atom is -0.329 e. The van der Waals surface area contributed by atoms with Gasteiger partial charge in [0, 0.05) is 24.2 Å². The molecule has 0 aromatic carbocycles. The molecular formula is C13H27N3. The first kappa shape index (κ1) is 12.3. The van der Waals surface area contributed by atoms with E-state index in [1.54, 1.807) is 0 Å². The van der Waals surface area contributed by atoms with E-state index in [-0.39, 0.29) is 5.54 Å². The Morgan fingerprint density at radius 3 is 2.31 bits per heavy atom. The van der Waals surface area contributed by atoms with E-state index in [0.717, 1.165) is 25.2 Å². The van der Waals surface area contributed by atoms with Gasteiger partial charge in [-0.3, -0.25) is 0 Å². The minimum absolute atomic E-state index is 0.225. The molecule has 0 aliphatic carbocycles. The summed E-state index contributed by atoms with van der Waals surface area (Å²) in [6.45, 7) is 6.42. The van der Waals surface area contributed by atoms with Gasteiger partial charge in [-0.05, 0) is 45.2 Å². The van der Waals surface area contributed by atoms with Crippen molar-refractivity contribution in [2.75, 3.05) is 20.1 Å². The van der Waals surface area contributed by atoms with Crippen molar-refractivity contribution in [3.05, 3.63) is 0 Å². The third kappa shape index (κ3) is 2.27. The van der Waals surface area contributed by atoms with Crippen LogP contribution in [0.15, 0.2) is 0 Å². The molecule has 2 saturated heterocycles. The van der Waals surface area contributed by atoms with Crippen molar-refractivity contribution in [3.63, 3.8) is 0 Å². The van der Waals surface area contributed by atoms with Crippen LogP contribution in [-0.2, 0) is 0 Å². The van der Waals surface area contributed by atoms with E-state index in [2.05, 4.69) is 31.1 Å². The molecule has 2 bridgehead atoms. The number of nitrogens with one attached hydrogen (secondary N) is 1. The first-order chi connectivity index (χ1) is 7.56. The lowest BCUT2D eigenvalue weighted by atomic mass is 9.82. The summed E-state index contributed by atoms with van der Waals surface area (Å²) >= 11 is 0. The predicted octanol–water partition coefficient (Wildman–Crippen LogP) is 1.19. The molecule has 2 aliphatic rings. The molecule has 0 aromatic heterocycles. The maximum Gasteiger partial charge on any atom is 0.0333 e. The fourth-order valence-corrected chi connectivity index (χ4v) is 3.37. The lowest BCUT2D eigenvalue weighted by molar-refractivity contribution is 0.0925. The molecule has 0 spiro atoms. The van der Waals surface area contributed by atoms with Gasteiger partial charge in [0.2, 0.25) is 0 Å². The molecule has 0 aromatic rings. The van der Waals surface area contributed by atoms with Gasteiger partial charge < -0.3 is 16.0 Å². The minimum atomic E-state index is 0.225. The van der Waals surface area contributed by atoms with Crippen molar-refractivity contribution in [2.45, 2.75) is 57.2 Å². The Labute approximate surface area is 99.8 Å².